The number of piperidine rings is 1. The van der Waals surface area contributed by atoms with Crippen LogP contribution in [0.1, 0.15) is 60.6 Å². The Kier molecular flexibility index (Phi) is 5.73. The number of aromatic nitrogens is 2. The Hall–Kier alpha value is -1.89. The number of nitrogens with zero attached hydrogens (tertiary/aromatic N) is 3. The van der Waals surface area contributed by atoms with Crippen LogP contribution in [0, 0.1) is 0 Å². The number of rotatable bonds is 5. The molecule has 0 aromatic carbocycles. The summed E-state index contributed by atoms with van der Waals surface area (Å²) in [5, 5.41) is 10.3. The highest BCUT2D eigenvalue weighted by atomic mass is 16.2. The Labute approximate surface area is 149 Å². The van der Waals surface area contributed by atoms with Gasteiger partial charge in [-0.2, -0.15) is 5.10 Å². The number of amides is 2. The van der Waals surface area contributed by atoms with E-state index in [0.29, 0.717) is 24.2 Å². The molecule has 1 aromatic heterocycles. The first-order valence-electron chi connectivity index (χ1n) is 9.31. The van der Waals surface area contributed by atoms with E-state index in [1.165, 1.54) is 12.8 Å². The van der Waals surface area contributed by atoms with Crippen LogP contribution >= 0.6 is 0 Å². The summed E-state index contributed by atoms with van der Waals surface area (Å²) in [5.74, 6) is 0.344. The summed E-state index contributed by atoms with van der Waals surface area (Å²) in [7, 11) is 3.57. The minimum Gasteiger partial charge on any atom is -0.348 e. The van der Waals surface area contributed by atoms with Crippen LogP contribution in [0.5, 0.6) is 0 Å². The van der Waals surface area contributed by atoms with Crippen molar-refractivity contribution >= 4 is 11.8 Å². The predicted octanol–water partition coefficient (Wildman–Crippen LogP) is 1.35. The highest BCUT2D eigenvalue weighted by molar-refractivity contribution is 5.92. The van der Waals surface area contributed by atoms with Gasteiger partial charge in [0.15, 0.2) is 0 Å². The second-order valence-electron chi connectivity index (χ2n) is 7.53. The van der Waals surface area contributed by atoms with Crippen molar-refractivity contribution in [2.75, 3.05) is 33.7 Å². The number of hydrogen-bond donors (Lipinski definition) is 2. The third kappa shape index (κ3) is 4.60. The van der Waals surface area contributed by atoms with Crippen molar-refractivity contribution in [1.29, 1.82) is 0 Å². The third-order valence-corrected chi connectivity index (χ3v) is 5.32. The summed E-state index contributed by atoms with van der Waals surface area (Å²) >= 11 is 0. The Balaban J connectivity index is 1.57. The van der Waals surface area contributed by atoms with Gasteiger partial charge in [-0.3, -0.25) is 19.6 Å². The molecule has 1 aliphatic carbocycles. The van der Waals surface area contributed by atoms with E-state index in [1.807, 2.05) is 6.07 Å². The van der Waals surface area contributed by atoms with Gasteiger partial charge in [0.25, 0.3) is 5.91 Å². The first-order chi connectivity index (χ1) is 12.0. The zero-order chi connectivity index (χ0) is 17.8. The van der Waals surface area contributed by atoms with Crippen molar-refractivity contribution in [2.45, 2.75) is 50.5 Å². The van der Waals surface area contributed by atoms with Crippen molar-refractivity contribution in [3.8, 4) is 0 Å². The molecule has 2 heterocycles. The topological polar surface area (TPSA) is 81.3 Å². The van der Waals surface area contributed by atoms with Crippen molar-refractivity contribution in [1.82, 2.24) is 25.3 Å². The van der Waals surface area contributed by atoms with E-state index in [4.69, 9.17) is 0 Å². The van der Waals surface area contributed by atoms with Gasteiger partial charge >= 0.3 is 0 Å². The van der Waals surface area contributed by atoms with Gasteiger partial charge in [-0.05, 0) is 38.3 Å². The summed E-state index contributed by atoms with van der Waals surface area (Å²) in [6.07, 6.45) is 6.63. The monoisotopic (exact) mass is 347 g/mol. The lowest BCUT2D eigenvalue weighted by molar-refractivity contribution is -0.130. The molecule has 2 N–H and O–H groups in total. The lowest BCUT2D eigenvalue weighted by Gasteiger charge is -2.32. The summed E-state index contributed by atoms with van der Waals surface area (Å²) < 4.78 is 0. The van der Waals surface area contributed by atoms with Gasteiger partial charge in [-0.25, -0.2) is 0 Å². The number of carbonyl (C=O) groups excluding carboxylic acids is 2. The van der Waals surface area contributed by atoms with Crippen molar-refractivity contribution < 1.29 is 9.59 Å². The highest BCUT2D eigenvalue weighted by Crippen LogP contribution is 2.26. The minimum atomic E-state index is -0.0788. The molecule has 7 nitrogen and oxygen atoms in total. The van der Waals surface area contributed by atoms with Gasteiger partial charge in [0.2, 0.25) is 5.91 Å². The lowest BCUT2D eigenvalue weighted by atomic mass is 9.94. The summed E-state index contributed by atoms with van der Waals surface area (Å²) in [6.45, 7) is 2.22. The molecule has 1 saturated carbocycles. The largest absolute Gasteiger partial charge is 0.348 e. The van der Waals surface area contributed by atoms with Crippen LogP contribution in [0.2, 0.25) is 0 Å². The first-order valence-corrected chi connectivity index (χ1v) is 9.31. The fraction of sp³-hybridized carbons (Fsp3) is 0.722. The average Bonchev–Trinajstić information content (AvgIpc) is 3.26. The fourth-order valence-electron chi connectivity index (χ4n) is 3.78. The number of carbonyl (C=O) groups is 2. The van der Waals surface area contributed by atoms with Gasteiger partial charge < -0.3 is 10.2 Å². The third-order valence-electron chi connectivity index (χ3n) is 5.32. The number of hydrogen-bond acceptors (Lipinski definition) is 4. The quantitative estimate of drug-likeness (QED) is 0.842. The van der Waals surface area contributed by atoms with E-state index in [1.54, 1.807) is 19.0 Å². The van der Waals surface area contributed by atoms with Gasteiger partial charge in [-0.15, -0.1) is 0 Å². The smallest absolute Gasteiger partial charge is 0.271 e. The molecule has 2 fully saturated rings. The van der Waals surface area contributed by atoms with Crippen LogP contribution < -0.4 is 5.32 Å². The molecule has 0 spiro atoms. The zero-order valence-corrected chi connectivity index (χ0v) is 15.3. The molecule has 1 atom stereocenters. The number of H-pyrrole nitrogens is 1. The van der Waals surface area contributed by atoms with E-state index in [9.17, 15) is 9.59 Å². The molecule has 25 heavy (non-hydrogen) atoms. The molecule has 1 aromatic rings. The van der Waals surface area contributed by atoms with Crippen LogP contribution in [0.3, 0.4) is 0 Å². The molecular weight excluding hydrogens is 318 g/mol. The molecule has 2 amide bonds. The molecule has 138 valence electrons. The molecular formula is C18H29N5O2. The second-order valence-corrected chi connectivity index (χ2v) is 7.53. The number of aromatic amines is 1. The van der Waals surface area contributed by atoms with Gasteiger partial charge in [0.1, 0.15) is 5.69 Å². The molecule has 0 unspecified atom stereocenters. The highest BCUT2D eigenvalue weighted by Gasteiger charge is 2.26. The molecule has 2 aliphatic rings. The Morgan fingerprint density at radius 1 is 1.28 bits per heavy atom. The Morgan fingerprint density at radius 2 is 2.04 bits per heavy atom. The molecule has 1 saturated heterocycles. The van der Waals surface area contributed by atoms with E-state index in [0.717, 1.165) is 44.5 Å². The first kappa shape index (κ1) is 17.9. The maximum atomic E-state index is 12.3. The van der Waals surface area contributed by atoms with Crippen LogP contribution in [-0.2, 0) is 4.79 Å². The number of likely N-dealkylation sites (N-methyl/N-ethyl adjacent to an activating group) is 1. The average molecular weight is 347 g/mol. The maximum absolute atomic E-state index is 12.3. The second kappa shape index (κ2) is 7.99. The molecule has 0 radical (unpaired) electrons. The Morgan fingerprint density at radius 3 is 2.76 bits per heavy atom. The number of likely N-dealkylation sites (tertiary alicyclic amines) is 1. The van der Waals surface area contributed by atoms with E-state index < -0.39 is 0 Å². The van der Waals surface area contributed by atoms with Crippen LogP contribution in [-0.4, -0.2) is 71.6 Å². The molecule has 7 heteroatoms. The maximum Gasteiger partial charge on any atom is 0.271 e. The standard InChI is InChI=1S/C18H29N5O2/c1-22(2)17(24)12-23-9-5-6-13(11-23)15-10-16(21-20-15)18(25)19-14-7-3-4-8-14/h10,13-14H,3-9,11-12H2,1-2H3,(H,19,25)(H,20,21)/t13-/m1/s1. The van der Waals surface area contributed by atoms with Crippen LogP contribution in [0.4, 0.5) is 0 Å². The summed E-state index contributed by atoms with van der Waals surface area (Å²) in [6, 6.07) is 2.18. The molecule has 0 bridgehead atoms. The number of nitrogens with one attached hydrogen (secondary N) is 2. The van der Waals surface area contributed by atoms with Crippen LogP contribution in [0.25, 0.3) is 0 Å². The Bertz CT molecular complexity index is 606. The van der Waals surface area contributed by atoms with E-state index >= 15 is 0 Å². The normalized spacial score (nSPS) is 22.1. The SMILES string of the molecule is CN(C)C(=O)CN1CCC[C@@H](c2cc(C(=O)NC3CCCC3)n[nH]2)C1. The summed E-state index contributed by atoms with van der Waals surface area (Å²) in [4.78, 5) is 28.1. The predicted molar refractivity (Wildman–Crippen MR) is 95.4 cm³/mol. The van der Waals surface area contributed by atoms with Gasteiger partial charge in [0, 0.05) is 38.3 Å². The fourth-order valence-corrected chi connectivity index (χ4v) is 3.78. The summed E-state index contributed by atoms with van der Waals surface area (Å²) in [5.41, 5.74) is 1.47. The van der Waals surface area contributed by atoms with Gasteiger partial charge in [0.05, 0.1) is 6.54 Å². The minimum absolute atomic E-state index is 0.0788. The van der Waals surface area contributed by atoms with Gasteiger partial charge in [-0.1, -0.05) is 12.8 Å². The zero-order valence-electron chi connectivity index (χ0n) is 15.3. The lowest BCUT2D eigenvalue weighted by Crippen LogP contribution is -2.41. The molecule has 1 aliphatic heterocycles. The van der Waals surface area contributed by atoms with Crippen molar-refractivity contribution in [3.63, 3.8) is 0 Å². The van der Waals surface area contributed by atoms with Crippen molar-refractivity contribution in [2.24, 2.45) is 0 Å². The van der Waals surface area contributed by atoms with Crippen LogP contribution in [0.15, 0.2) is 6.07 Å². The molecule has 3 rings (SSSR count). The van der Waals surface area contributed by atoms with Crippen molar-refractivity contribution in [3.05, 3.63) is 17.5 Å². The van der Waals surface area contributed by atoms with E-state index in [2.05, 4.69) is 20.4 Å². The van der Waals surface area contributed by atoms with E-state index in [-0.39, 0.29) is 11.8 Å².